The maximum atomic E-state index is 13.8. The fraction of sp³-hybridized carbons (Fsp3) is 0.409. The first-order valence-corrected chi connectivity index (χ1v) is 12.1. The van der Waals surface area contributed by atoms with Gasteiger partial charge in [0.15, 0.2) is 0 Å². The predicted octanol–water partition coefficient (Wildman–Crippen LogP) is 2.18. The molecule has 0 heterocycles. The zero-order valence-corrected chi connectivity index (χ0v) is 19.1. The summed E-state index contributed by atoms with van der Waals surface area (Å²) in [6.07, 6.45) is 0.631. The van der Waals surface area contributed by atoms with Crippen LogP contribution in [0.3, 0.4) is 0 Å². The second-order valence-electron chi connectivity index (χ2n) is 8.32. The third kappa shape index (κ3) is 5.20. The second kappa shape index (κ2) is 10.1. The van der Waals surface area contributed by atoms with Gasteiger partial charge < -0.3 is 20.7 Å². The molecular weight excluding hydrogens is 466 g/mol. The van der Waals surface area contributed by atoms with E-state index in [0.29, 0.717) is 18.4 Å². The number of non-ortho nitro benzene ring substituents is 1. The molecule has 11 nitrogen and oxygen atoms in total. The van der Waals surface area contributed by atoms with Gasteiger partial charge in [0, 0.05) is 18.6 Å². The van der Waals surface area contributed by atoms with E-state index in [-0.39, 0.29) is 6.10 Å². The molecule has 0 radical (unpaired) electrons. The molecule has 0 aromatic heterocycles. The lowest BCUT2D eigenvalue weighted by molar-refractivity contribution is -0.385. The molecule has 0 aliphatic heterocycles. The largest absolute Gasteiger partial charge is 0.465 e. The van der Waals surface area contributed by atoms with Crippen LogP contribution in [-0.4, -0.2) is 53.0 Å². The van der Waals surface area contributed by atoms with Crippen molar-refractivity contribution in [2.45, 2.75) is 53.7 Å². The summed E-state index contributed by atoms with van der Waals surface area (Å²) in [5, 5.41) is 34.5. The molecule has 3 rings (SSSR count). The van der Waals surface area contributed by atoms with E-state index in [0.717, 1.165) is 37.1 Å². The van der Waals surface area contributed by atoms with Crippen molar-refractivity contribution in [1.82, 2.24) is 5.32 Å². The van der Waals surface area contributed by atoms with E-state index in [4.69, 9.17) is 10.5 Å². The topological polar surface area (TPSA) is 182 Å². The van der Waals surface area contributed by atoms with E-state index < -0.39 is 55.1 Å². The van der Waals surface area contributed by atoms with Crippen LogP contribution in [0.5, 0.6) is 0 Å². The Hall–Kier alpha value is -3.06. The van der Waals surface area contributed by atoms with Gasteiger partial charge in [-0.05, 0) is 24.5 Å². The molecule has 1 aliphatic rings. The maximum absolute atomic E-state index is 13.8. The van der Waals surface area contributed by atoms with Crippen LogP contribution in [-0.2, 0) is 21.0 Å². The van der Waals surface area contributed by atoms with Gasteiger partial charge in [-0.2, -0.15) is 0 Å². The molecule has 5 N–H and O–H groups in total. The quantitative estimate of drug-likeness (QED) is 0.219. The standard InChI is InChI=1S/C22H27N3O8S/c23-21(24-20(26)27,14-16-7-2-1-3-8-16)22(28,15-33-18-10-4-5-11-18)34(31,32)19-12-6-9-17(13-19)25(29)30/h1-3,6-9,12-13,18,24,28H,4-5,10-11,14-15,23H2,(H,26,27)/t21-,22-/m0/s1. The number of amides is 1. The highest BCUT2D eigenvalue weighted by molar-refractivity contribution is 7.92. The predicted molar refractivity (Wildman–Crippen MR) is 122 cm³/mol. The second-order valence-corrected chi connectivity index (χ2v) is 10.5. The summed E-state index contributed by atoms with van der Waals surface area (Å²) in [5.41, 5.74) is 3.85. The van der Waals surface area contributed by atoms with Crippen molar-refractivity contribution in [3.05, 3.63) is 70.3 Å². The number of hydrogen-bond acceptors (Lipinski definition) is 8. The monoisotopic (exact) mass is 493 g/mol. The normalized spacial score (nSPS) is 18.1. The fourth-order valence-electron chi connectivity index (χ4n) is 4.08. The number of carboxylic acid groups (broad SMARTS) is 1. The third-order valence-corrected chi connectivity index (χ3v) is 8.20. The highest BCUT2D eigenvalue weighted by Crippen LogP contribution is 2.36. The van der Waals surface area contributed by atoms with Crippen LogP contribution >= 0.6 is 0 Å². The van der Waals surface area contributed by atoms with Crippen molar-refractivity contribution in [3.63, 3.8) is 0 Å². The molecule has 0 spiro atoms. The minimum atomic E-state index is -4.90. The van der Waals surface area contributed by atoms with Crippen molar-refractivity contribution >= 4 is 21.6 Å². The number of ether oxygens (including phenoxy) is 1. The Kier molecular flexibility index (Phi) is 7.56. The number of aliphatic hydroxyl groups is 1. The molecule has 2 atom stereocenters. The van der Waals surface area contributed by atoms with Crippen LogP contribution in [0.4, 0.5) is 10.5 Å². The van der Waals surface area contributed by atoms with Crippen molar-refractivity contribution < 1.29 is 33.1 Å². The van der Waals surface area contributed by atoms with Crippen LogP contribution in [0.1, 0.15) is 31.2 Å². The average Bonchev–Trinajstić information content (AvgIpc) is 3.31. The zero-order chi connectivity index (χ0) is 25.0. The number of nitrogens with one attached hydrogen (secondary N) is 1. The van der Waals surface area contributed by atoms with Crippen LogP contribution in [0.2, 0.25) is 0 Å². The number of hydrogen-bond donors (Lipinski definition) is 4. The Morgan fingerprint density at radius 3 is 2.41 bits per heavy atom. The summed E-state index contributed by atoms with van der Waals surface area (Å²) in [7, 11) is -4.90. The van der Waals surface area contributed by atoms with E-state index in [1.54, 1.807) is 30.3 Å². The lowest BCUT2D eigenvalue weighted by Crippen LogP contribution is -2.75. The van der Waals surface area contributed by atoms with Crippen LogP contribution < -0.4 is 11.1 Å². The molecule has 1 fully saturated rings. The minimum Gasteiger partial charge on any atom is -0.465 e. The van der Waals surface area contributed by atoms with Crippen LogP contribution in [0.15, 0.2) is 59.5 Å². The van der Waals surface area contributed by atoms with Gasteiger partial charge >= 0.3 is 6.09 Å². The van der Waals surface area contributed by atoms with Crippen molar-refractivity contribution in [2.75, 3.05) is 6.61 Å². The van der Waals surface area contributed by atoms with Gasteiger partial charge in [-0.3, -0.25) is 15.4 Å². The number of nitrogens with zero attached hydrogens (tertiary/aromatic N) is 1. The minimum absolute atomic E-state index is 0.336. The van der Waals surface area contributed by atoms with Gasteiger partial charge in [-0.25, -0.2) is 13.2 Å². The third-order valence-electron chi connectivity index (χ3n) is 5.95. The van der Waals surface area contributed by atoms with Gasteiger partial charge in [-0.15, -0.1) is 0 Å². The van der Waals surface area contributed by atoms with Gasteiger partial charge in [0.05, 0.1) is 22.5 Å². The molecule has 0 saturated heterocycles. The number of sulfone groups is 1. The lowest BCUT2D eigenvalue weighted by atomic mass is 9.94. The van der Waals surface area contributed by atoms with Crippen LogP contribution in [0.25, 0.3) is 0 Å². The van der Waals surface area contributed by atoms with E-state index in [2.05, 4.69) is 0 Å². The molecule has 2 aromatic rings. The number of carbonyl (C=O) groups is 1. The lowest BCUT2D eigenvalue weighted by Gasteiger charge is -2.43. The van der Waals surface area contributed by atoms with Gasteiger partial charge in [-0.1, -0.05) is 49.2 Å². The van der Waals surface area contributed by atoms with Gasteiger partial charge in [0.2, 0.25) is 14.8 Å². The SMILES string of the molecule is N[C@@](Cc1ccccc1)(NC(=O)O)[C@](O)(COC1CCCC1)S(=O)(=O)c1cccc([N+](=O)[O-])c1. The fourth-order valence-corrected chi connectivity index (χ4v) is 5.83. The first-order chi connectivity index (χ1) is 16.0. The summed E-state index contributed by atoms with van der Waals surface area (Å²) in [6.45, 7) is -0.841. The summed E-state index contributed by atoms with van der Waals surface area (Å²) < 4.78 is 33.3. The molecule has 184 valence electrons. The average molecular weight is 494 g/mol. The number of benzene rings is 2. The van der Waals surface area contributed by atoms with Crippen molar-refractivity contribution in [2.24, 2.45) is 5.73 Å². The van der Waals surface area contributed by atoms with E-state index >= 15 is 0 Å². The summed E-state index contributed by atoms with van der Waals surface area (Å²) >= 11 is 0. The first-order valence-electron chi connectivity index (χ1n) is 10.7. The Morgan fingerprint density at radius 1 is 1.18 bits per heavy atom. The summed E-state index contributed by atoms with van der Waals surface area (Å²) in [6, 6.07) is 12.3. The number of nitro benzene ring substituents is 1. The Morgan fingerprint density at radius 2 is 1.82 bits per heavy atom. The number of nitro groups is 1. The van der Waals surface area contributed by atoms with E-state index in [1.165, 1.54) is 0 Å². The molecule has 2 aromatic carbocycles. The molecule has 0 bridgehead atoms. The highest BCUT2D eigenvalue weighted by atomic mass is 32.2. The van der Waals surface area contributed by atoms with Gasteiger partial charge in [0.1, 0.15) is 5.66 Å². The Bertz CT molecular complexity index is 1140. The van der Waals surface area contributed by atoms with E-state index in [1.807, 2.05) is 5.32 Å². The molecule has 1 aliphatic carbocycles. The smallest absolute Gasteiger partial charge is 0.406 e. The molecule has 1 saturated carbocycles. The molecular formula is C22H27N3O8S. The molecule has 12 heteroatoms. The zero-order valence-electron chi connectivity index (χ0n) is 18.3. The summed E-state index contributed by atoms with van der Waals surface area (Å²) in [4.78, 5) is 18.5. The van der Waals surface area contributed by atoms with Crippen molar-refractivity contribution in [3.8, 4) is 0 Å². The van der Waals surface area contributed by atoms with Crippen LogP contribution in [0, 0.1) is 10.1 Å². The summed E-state index contributed by atoms with van der Waals surface area (Å²) in [5.74, 6) is 0. The van der Waals surface area contributed by atoms with Crippen molar-refractivity contribution in [1.29, 1.82) is 0 Å². The highest BCUT2D eigenvalue weighted by Gasteiger charge is 2.59. The number of rotatable bonds is 10. The molecule has 1 amide bonds. The van der Waals surface area contributed by atoms with Gasteiger partial charge in [0.25, 0.3) is 5.69 Å². The molecule has 34 heavy (non-hydrogen) atoms. The Balaban J connectivity index is 2.14. The maximum Gasteiger partial charge on any atom is 0.406 e. The Labute approximate surface area is 196 Å². The number of nitrogens with two attached hydrogens (primary N) is 1. The first kappa shape index (κ1) is 25.6. The van der Waals surface area contributed by atoms with E-state index in [9.17, 15) is 33.5 Å². The molecule has 0 unspecified atom stereocenters.